The molecule has 1 aliphatic carbocycles. The SMILES string of the molecule is COC1CC(n2nnnc2-c2cccc(N)c2Br)C1(C)C. The fraction of sp³-hybridized carbons (Fsp3) is 0.500. The number of tetrazole rings is 1. The monoisotopic (exact) mass is 351 g/mol. The number of nitrogens with two attached hydrogens (primary N) is 1. The van der Waals surface area contributed by atoms with Crippen molar-refractivity contribution < 1.29 is 4.74 Å². The zero-order valence-corrected chi connectivity index (χ0v) is 13.8. The topological polar surface area (TPSA) is 78.8 Å². The molecule has 6 nitrogen and oxygen atoms in total. The molecule has 1 aromatic carbocycles. The van der Waals surface area contributed by atoms with Gasteiger partial charge in [0, 0.05) is 23.8 Å². The largest absolute Gasteiger partial charge is 0.398 e. The predicted molar refractivity (Wildman–Crippen MR) is 83.6 cm³/mol. The number of ether oxygens (including phenoxy) is 1. The van der Waals surface area contributed by atoms with Gasteiger partial charge in [0.25, 0.3) is 0 Å². The van der Waals surface area contributed by atoms with E-state index in [1.54, 1.807) is 7.11 Å². The van der Waals surface area contributed by atoms with Gasteiger partial charge in [-0.2, -0.15) is 0 Å². The van der Waals surface area contributed by atoms with E-state index in [9.17, 15) is 0 Å². The van der Waals surface area contributed by atoms with E-state index in [-0.39, 0.29) is 17.6 Å². The third kappa shape index (κ3) is 2.15. The molecule has 1 fully saturated rings. The number of rotatable bonds is 3. The second kappa shape index (κ2) is 5.06. The van der Waals surface area contributed by atoms with Crippen molar-refractivity contribution in [3.63, 3.8) is 0 Å². The third-order valence-corrected chi connectivity index (χ3v) is 5.35. The molecule has 3 rings (SSSR count). The number of methoxy groups -OCH3 is 1. The molecule has 0 spiro atoms. The van der Waals surface area contributed by atoms with E-state index in [4.69, 9.17) is 10.5 Å². The van der Waals surface area contributed by atoms with Gasteiger partial charge in [0.1, 0.15) is 0 Å². The van der Waals surface area contributed by atoms with E-state index < -0.39 is 0 Å². The Morgan fingerprint density at radius 2 is 2.19 bits per heavy atom. The number of benzene rings is 1. The number of hydrogen-bond acceptors (Lipinski definition) is 5. The molecule has 1 saturated carbocycles. The summed E-state index contributed by atoms with van der Waals surface area (Å²) >= 11 is 3.52. The number of halogens is 1. The number of hydrogen-bond donors (Lipinski definition) is 1. The standard InChI is InChI=1S/C14H18BrN5O/c1-14(2)10(7-11(14)21-3)20-13(17-18-19-20)8-5-4-6-9(16)12(8)15/h4-6,10-11H,7,16H2,1-3H3. The molecule has 1 aromatic heterocycles. The van der Waals surface area contributed by atoms with Crippen LogP contribution in [0.4, 0.5) is 5.69 Å². The quantitative estimate of drug-likeness (QED) is 0.860. The molecular formula is C14H18BrN5O. The molecule has 7 heteroatoms. The molecule has 2 N–H and O–H groups in total. The highest BCUT2D eigenvalue weighted by molar-refractivity contribution is 9.10. The molecule has 0 amide bonds. The Morgan fingerprint density at radius 3 is 2.86 bits per heavy atom. The van der Waals surface area contributed by atoms with Crippen LogP contribution < -0.4 is 5.73 Å². The molecule has 0 aliphatic heterocycles. The zero-order chi connectivity index (χ0) is 15.2. The summed E-state index contributed by atoms with van der Waals surface area (Å²) in [6.07, 6.45) is 1.13. The van der Waals surface area contributed by atoms with Gasteiger partial charge >= 0.3 is 0 Å². The molecule has 21 heavy (non-hydrogen) atoms. The average molecular weight is 352 g/mol. The van der Waals surface area contributed by atoms with Crippen molar-refractivity contribution in [1.29, 1.82) is 0 Å². The maximum Gasteiger partial charge on any atom is 0.183 e. The van der Waals surface area contributed by atoms with Crippen molar-refractivity contribution in [3.05, 3.63) is 22.7 Å². The molecule has 0 bridgehead atoms. The van der Waals surface area contributed by atoms with Crippen molar-refractivity contribution in [3.8, 4) is 11.4 Å². The Balaban J connectivity index is 2.01. The first-order valence-corrected chi connectivity index (χ1v) is 7.61. The second-order valence-electron chi connectivity index (χ2n) is 5.95. The van der Waals surface area contributed by atoms with Gasteiger partial charge in [0.2, 0.25) is 0 Å². The highest BCUT2D eigenvalue weighted by Crippen LogP contribution is 2.51. The van der Waals surface area contributed by atoms with Crippen LogP contribution >= 0.6 is 15.9 Å². The summed E-state index contributed by atoms with van der Waals surface area (Å²) in [5.41, 5.74) is 7.51. The Bertz CT molecular complexity index is 669. The van der Waals surface area contributed by atoms with Crippen LogP contribution in [0.1, 0.15) is 26.3 Å². The lowest BCUT2D eigenvalue weighted by atomic mass is 9.64. The van der Waals surface area contributed by atoms with Crippen LogP contribution in [-0.2, 0) is 4.74 Å². The van der Waals surface area contributed by atoms with Crippen LogP contribution in [0, 0.1) is 5.41 Å². The van der Waals surface area contributed by atoms with Gasteiger partial charge in [-0.3, -0.25) is 0 Å². The van der Waals surface area contributed by atoms with E-state index in [0.29, 0.717) is 5.69 Å². The fourth-order valence-corrected chi connectivity index (χ4v) is 3.42. The van der Waals surface area contributed by atoms with Gasteiger partial charge in [0.05, 0.1) is 16.6 Å². The van der Waals surface area contributed by atoms with Crippen LogP contribution in [0.3, 0.4) is 0 Å². The van der Waals surface area contributed by atoms with E-state index in [1.807, 2.05) is 22.9 Å². The summed E-state index contributed by atoms with van der Waals surface area (Å²) < 4.78 is 8.21. The third-order valence-electron chi connectivity index (χ3n) is 4.47. The first-order chi connectivity index (χ1) is 9.96. The van der Waals surface area contributed by atoms with Gasteiger partial charge in [0.15, 0.2) is 5.82 Å². The van der Waals surface area contributed by atoms with Crippen LogP contribution in [0.25, 0.3) is 11.4 Å². The molecule has 112 valence electrons. The first kappa shape index (κ1) is 14.5. The maximum absolute atomic E-state index is 5.95. The van der Waals surface area contributed by atoms with Crippen molar-refractivity contribution in [2.24, 2.45) is 5.41 Å². The van der Waals surface area contributed by atoms with Crippen molar-refractivity contribution >= 4 is 21.6 Å². The van der Waals surface area contributed by atoms with E-state index in [0.717, 1.165) is 22.3 Å². The Hall–Kier alpha value is -1.47. The predicted octanol–water partition coefficient (Wildman–Crippen LogP) is 2.67. The molecule has 2 unspecified atom stereocenters. The van der Waals surface area contributed by atoms with Crippen molar-refractivity contribution in [2.45, 2.75) is 32.4 Å². The summed E-state index contributed by atoms with van der Waals surface area (Å²) in [5.74, 6) is 0.724. The molecule has 0 radical (unpaired) electrons. The smallest absolute Gasteiger partial charge is 0.183 e. The minimum absolute atomic E-state index is 0.00825. The fourth-order valence-electron chi connectivity index (χ4n) is 2.98. The lowest BCUT2D eigenvalue weighted by Gasteiger charge is -2.50. The summed E-state index contributed by atoms with van der Waals surface area (Å²) in [4.78, 5) is 0. The van der Waals surface area contributed by atoms with Gasteiger partial charge in [-0.1, -0.05) is 19.9 Å². The Kier molecular flexibility index (Phi) is 3.49. The van der Waals surface area contributed by atoms with Crippen molar-refractivity contribution in [1.82, 2.24) is 20.2 Å². The maximum atomic E-state index is 5.95. The van der Waals surface area contributed by atoms with Crippen molar-refractivity contribution in [2.75, 3.05) is 12.8 Å². The molecule has 2 aromatic rings. The van der Waals surface area contributed by atoms with E-state index >= 15 is 0 Å². The summed E-state index contributed by atoms with van der Waals surface area (Å²) in [6, 6.07) is 5.91. The van der Waals surface area contributed by atoms with E-state index in [2.05, 4.69) is 45.3 Å². The Labute approximate surface area is 131 Å². The first-order valence-electron chi connectivity index (χ1n) is 6.81. The highest BCUT2D eigenvalue weighted by atomic mass is 79.9. The number of nitrogen functional groups attached to an aromatic ring is 1. The minimum Gasteiger partial charge on any atom is -0.398 e. The lowest BCUT2D eigenvalue weighted by Crippen LogP contribution is -2.51. The zero-order valence-electron chi connectivity index (χ0n) is 12.2. The number of nitrogens with zero attached hydrogens (tertiary/aromatic N) is 4. The van der Waals surface area contributed by atoms with Gasteiger partial charge < -0.3 is 10.5 Å². The molecular weight excluding hydrogens is 334 g/mol. The molecule has 1 aliphatic rings. The normalized spacial score (nSPS) is 23.8. The van der Waals surface area contributed by atoms with Crippen LogP contribution in [0.2, 0.25) is 0 Å². The van der Waals surface area contributed by atoms with E-state index in [1.165, 1.54) is 0 Å². The molecule has 0 saturated heterocycles. The van der Waals surface area contributed by atoms with Gasteiger partial charge in [-0.25, -0.2) is 4.68 Å². The summed E-state index contributed by atoms with van der Waals surface area (Å²) in [6.45, 7) is 4.35. The lowest BCUT2D eigenvalue weighted by molar-refractivity contribution is -0.116. The summed E-state index contributed by atoms with van der Waals surface area (Å²) in [7, 11) is 1.75. The van der Waals surface area contributed by atoms with Gasteiger partial charge in [-0.15, -0.1) is 5.10 Å². The Morgan fingerprint density at radius 1 is 1.43 bits per heavy atom. The van der Waals surface area contributed by atoms with Crippen LogP contribution in [0.15, 0.2) is 22.7 Å². The molecule has 2 atom stereocenters. The van der Waals surface area contributed by atoms with Crippen LogP contribution in [-0.4, -0.2) is 33.4 Å². The minimum atomic E-state index is -0.00825. The second-order valence-corrected chi connectivity index (χ2v) is 6.75. The van der Waals surface area contributed by atoms with Crippen LogP contribution in [0.5, 0.6) is 0 Å². The number of anilines is 1. The molecule has 1 heterocycles. The number of aromatic nitrogens is 4. The summed E-state index contributed by atoms with van der Waals surface area (Å²) in [5, 5.41) is 12.2. The highest BCUT2D eigenvalue weighted by Gasteiger charge is 2.51. The van der Waals surface area contributed by atoms with Gasteiger partial charge in [-0.05, 0) is 44.9 Å². The average Bonchev–Trinajstić information content (AvgIpc) is 2.90.